The van der Waals surface area contributed by atoms with Crippen LogP contribution >= 0.6 is 11.6 Å². The fraction of sp³-hybridized carbons (Fsp3) is 0.312. The van der Waals surface area contributed by atoms with Gasteiger partial charge in [0.25, 0.3) is 0 Å². The van der Waals surface area contributed by atoms with Crippen LogP contribution in [0.15, 0.2) is 30.3 Å². The molecule has 23 heavy (non-hydrogen) atoms. The lowest BCUT2D eigenvalue weighted by atomic mass is 10.2. The number of nitrogens with one attached hydrogen (secondary N) is 1. The summed E-state index contributed by atoms with van der Waals surface area (Å²) >= 11 is 6.15. The Bertz CT molecular complexity index is 830. The van der Waals surface area contributed by atoms with Gasteiger partial charge in [0.05, 0.1) is 12.8 Å². The first-order chi connectivity index (χ1) is 11.1. The Kier molecular flexibility index (Phi) is 4.34. The molecule has 7 heteroatoms. The SMILES string of the molecule is COc1ccccc1CNc1cc(Cl)nn2c(C(C)C)nnc12. The zero-order valence-electron chi connectivity index (χ0n) is 13.2. The van der Waals surface area contributed by atoms with Crippen molar-refractivity contribution in [3.63, 3.8) is 0 Å². The molecule has 3 aromatic rings. The van der Waals surface area contributed by atoms with Crippen LogP contribution in [0.4, 0.5) is 5.69 Å². The highest BCUT2D eigenvalue weighted by molar-refractivity contribution is 6.29. The van der Waals surface area contributed by atoms with Gasteiger partial charge in [0.1, 0.15) is 5.75 Å². The first kappa shape index (κ1) is 15.6. The third-order valence-electron chi connectivity index (χ3n) is 3.54. The Morgan fingerprint density at radius 3 is 2.78 bits per heavy atom. The van der Waals surface area contributed by atoms with E-state index in [-0.39, 0.29) is 5.92 Å². The van der Waals surface area contributed by atoms with Gasteiger partial charge >= 0.3 is 0 Å². The second-order valence-electron chi connectivity index (χ2n) is 5.49. The highest BCUT2D eigenvalue weighted by atomic mass is 35.5. The van der Waals surface area contributed by atoms with Gasteiger partial charge in [-0.05, 0) is 6.07 Å². The molecular weight excluding hydrogens is 314 g/mol. The van der Waals surface area contributed by atoms with Crippen molar-refractivity contribution >= 4 is 22.9 Å². The zero-order valence-corrected chi connectivity index (χ0v) is 14.0. The molecule has 1 aromatic carbocycles. The molecule has 0 amide bonds. The molecule has 0 fully saturated rings. The highest BCUT2D eigenvalue weighted by Crippen LogP contribution is 2.24. The van der Waals surface area contributed by atoms with E-state index in [1.807, 2.05) is 38.1 Å². The zero-order chi connectivity index (χ0) is 16.4. The number of para-hydroxylation sites is 1. The quantitative estimate of drug-likeness (QED) is 0.775. The van der Waals surface area contributed by atoms with Crippen molar-refractivity contribution in [2.45, 2.75) is 26.3 Å². The lowest BCUT2D eigenvalue weighted by molar-refractivity contribution is 0.410. The third-order valence-corrected chi connectivity index (χ3v) is 3.73. The molecule has 0 unspecified atom stereocenters. The first-order valence-electron chi connectivity index (χ1n) is 7.37. The van der Waals surface area contributed by atoms with Crippen molar-refractivity contribution in [1.82, 2.24) is 19.8 Å². The summed E-state index contributed by atoms with van der Waals surface area (Å²) in [6.07, 6.45) is 0. The van der Waals surface area contributed by atoms with E-state index in [0.717, 1.165) is 22.8 Å². The molecule has 120 valence electrons. The van der Waals surface area contributed by atoms with Crippen LogP contribution in [0.1, 0.15) is 31.2 Å². The summed E-state index contributed by atoms with van der Waals surface area (Å²) in [7, 11) is 1.66. The van der Waals surface area contributed by atoms with Crippen molar-refractivity contribution in [2.24, 2.45) is 0 Å². The van der Waals surface area contributed by atoms with E-state index in [1.165, 1.54) is 0 Å². The summed E-state index contributed by atoms with van der Waals surface area (Å²) in [5.74, 6) is 1.82. The third kappa shape index (κ3) is 3.07. The number of ether oxygens (including phenoxy) is 1. The van der Waals surface area contributed by atoms with Crippen LogP contribution in [0, 0.1) is 0 Å². The molecule has 1 N–H and O–H groups in total. The van der Waals surface area contributed by atoms with E-state index in [2.05, 4.69) is 20.6 Å². The molecule has 0 aliphatic rings. The van der Waals surface area contributed by atoms with Crippen LogP contribution in [0.5, 0.6) is 5.75 Å². The van der Waals surface area contributed by atoms with Crippen LogP contribution in [0.3, 0.4) is 0 Å². The van der Waals surface area contributed by atoms with E-state index in [0.29, 0.717) is 17.3 Å². The number of methoxy groups -OCH3 is 1. The van der Waals surface area contributed by atoms with Crippen LogP contribution < -0.4 is 10.1 Å². The van der Waals surface area contributed by atoms with Gasteiger partial charge in [-0.2, -0.15) is 9.61 Å². The summed E-state index contributed by atoms with van der Waals surface area (Å²) in [5, 5.41) is 16.5. The molecule has 6 nitrogen and oxygen atoms in total. The van der Waals surface area contributed by atoms with Crippen molar-refractivity contribution < 1.29 is 4.74 Å². The minimum absolute atomic E-state index is 0.207. The van der Waals surface area contributed by atoms with Gasteiger partial charge in [-0.1, -0.05) is 43.6 Å². The molecule has 0 aliphatic carbocycles. The monoisotopic (exact) mass is 331 g/mol. The number of fused-ring (bicyclic) bond motifs is 1. The van der Waals surface area contributed by atoms with Crippen molar-refractivity contribution in [3.8, 4) is 5.75 Å². The van der Waals surface area contributed by atoms with Crippen LogP contribution in [0.2, 0.25) is 5.15 Å². The van der Waals surface area contributed by atoms with Gasteiger partial charge in [-0.15, -0.1) is 10.2 Å². The molecule has 0 radical (unpaired) electrons. The lowest BCUT2D eigenvalue weighted by Crippen LogP contribution is -2.06. The van der Waals surface area contributed by atoms with E-state index in [4.69, 9.17) is 16.3 Å². The van der Waals surface area contributed by atoms with Gasteiger partial charge in [-0.25, -0.2) is 0 Å². The maximum Gasteiger partial charge on any atom is 0.201 e. The van der Waals surface area contributed by atoms with Crippen molar-refractivity contribution in [3.05, 3.63) is 46.9 Å². The minimum Gasteiger partial charge on any atom is -0.496 e. The van der Waals surface area contributed by atoms with Crippen LogP contribution in [0.25, 0.3) is 5.65 Å². The van der Waals surface area contributed by atoms with Gasteiger partial charge in [0, 0.05) is 24.1 Å². The molecule has 0 aliphatic heterocycles. The highest BCUT2D eigenvalue weighted by Gasteiger charge is 2.15. The van der Waals surface area contributed by atoms with E-state index < -0.39 is 0 Å². The molecule has 0 bridgehead atoms. The second-order valence-corrected chi connectivity index (χ2v) is 5.88. The average Bonchev–Trinajstić information content (AvgIpc) is 2.96. The molecule has 0 atom stereocenters. The fourth-order valence-corrected chi connectivity index (χ4v) is 2.58. The molecular formula is C16H18ClN5O. The molecule has 2 aromatic heterocycles. The first-order valence-corrected chi connectivity index (χ1v) is 7.75. The Labute approximate surface area is 139 Å². The van der Waals surface area contributed by atoms with Crippen LogP contribution in [-0.2, 0) is 6.54 Å². The maximum atomic E-state index is 6.15. The molecule has 0 spiro atoms. The number of anilines is 1. The number of hydrogen-bond donors (Lipinski definition) is 1. The maximum absolute atomic E-state index is 6.15. The van der Waals surface area contributed by atoms with E-state index >= 15 is 0 Å². The predicted octanol–water partition coefficient (Wildman–Crippen LogP) is 3.52. The normalized spacial score (nSPS) is 11.2. The summed E-state index contributed by atoms with van der Waals surface area (Å²) in [5.41, 5.74) is 2.49. The Balaban J connectivity index is 1.94. The standard InChI is InChI=1S/C16H18ClN5O/c1-10(2)15-19-20-16-12(8-14(17)21-22(15)16)18-9-11-6-4-5-7-13(11)23-3/h4-8,10,18H,9H2,1-3H3. The Morgan fingerprint density at radius 2 is 2.04 bits per heavy atom. The molecule has 2 heterocycles. The summed E-state index contributed by atoms with van der Waals surface area (Å²) in [6.45, 7) is 4.67. The van der Waals surface area contributed by atoms with Gasteiger partial charge in [0.15, 0.2) is 11.0 Å². The van der Waals surface area contributed by atoms with Gasteiger partial charge in [0.2, 0.25) is 5.65 Å². The van der Waals surface area contributed by atoms with Crippen molar-refractivity contribution in [2.75, 3.05) is 12.4 Å². The number of nitrogens with zero attached hydrogens (tertiary/aromatic N) is 4. The molecule has 0 saturated carbocycles. The lowest BCUT2D eigenvalue weighted by Gasteiger charge is -2.11. The summed E-state index contributed by atoms with van der Waals surface area (Å²) in [6, 6.07) is 9.61. The number of rotatable bonds is 5. The minimum atomic E-state index is 0.207. The largest absolute Gasteiger partial charge is 0.496 e. The number of hydrogen-bond acceptors (Lipinski definition) is 5. The Hall–Kier alpha value is -2.34. The topological polar surface area (TPSA) is 64.3 Å². The number of aromatic nitrogens is 4. The van der Waals surface area contributed by atoms with E-state index in [1.54, 1.807) is 17.7 Å². The number of benzene rings is 1. The van der Waals surface area contributed by atoms with Crippen LogP contribution in [-0.4, -0.2) is 26.9 Å². The summed E-state index contributed by atoms with van der Waals surface area (Å²) in [4.78, 5) is 0. The summed E-state index contributed by atoms with van der Waals surface area (Å²) < 4.78 is 7.06. The average molecular weight is 332 g/mol. The Morgan fingerprint density at radius 1 is 1.26 bits per heavy atom. The van der Waals surface area contributed by atoms with Gasteiger partial charge < -0.3 is 10.1 Å². The van der Waals surface area contributed by atoms with Crippen molar-refractivity contribution in [1.29, 1.82) is 0 Å². The predicted molar refractivity (Wildman–Crippen MR) is 90.2 cm³/mol. The van der Waals surface area contributed by atoms with E-state index in [9.17, 15) is 0 Å². The number of halogens is 1. The molecule has 3 rings (SSSR count). The smallest absolute Gasteiger partial charge is 0.201 e. The molecule has 0 saturated heterocycles. The fourth-order valence-electron chi connectivity index (χ4n) is 2.40. The second kappa shape index (κ2) is 6.42. The van der Waals surface area contributed by atoms with Gasteiger partial charge in [-0.3, -0.25) is 0 Å².